The molecule has 1 heterocycles. The van der Waals surface area contributed by atoms with Gasteiger partial charge in [-0.3, -0.25) is 0 Å². The summed E-state index contributed by atoms with van der Waals surface area (Å²) in [7, 11) is 0. The third-order valence-corrected chi connectivity index (χ3v) is 10.8. The van der Waals surface area contributed by atoms with Crippen molar-refractivity contribution >= 4 is 71.9 Å². The Morgan fingerprint density at radius 2 is 0.667 bits per heavy atom. The number of rotatable bonds is 3. The van der Waals surface area contributed by atoms with Crippen LogP contribution in [0.3, 0.4) is 0 Å². The Balaban J connectivity index is 1.08. The summed E-state index contributed by atoms with van der Waals surface area (Å²) < 4.78 is 0. The second-order valence-electron chi connectivity index (χ2n) is 12.7. The quantitative estimate of drug-likeness (QED) is 0.179. The van der Waals surface area contributed by atoms with E-state index in [0.717, 1.165) is 5.69 Å². The predicted molar refractivity (Wildman–Crippen MR) is 206 cm³/mol. The predicted octanol–water partition coefficient (Wildman–Crippen LogP) is 13.6. The molecule has 1 aliphatic rings. The number of nitrogens with zero attached hydrogens (tertiary/aromatic N) is 1. The van der Waals surface area contributed by atoms with Crippen LogP contribution in [0, 0.1) is 0 Å². The lowest BCUT2D eigenvalue weighted by Crippen LogP contribution is -2.14. The molecule has 224 valence electrons. The minimum atomic E-state index is 1.16. The van der Waals surface area contributed by atoms with E-state index in [2.05, 4.69) is 181 Å². The molecule has 1 aliphatic heterocycles. The van der Waals surface area contributed by atoms with E-state index in [0.29, 0.717) is 0 Å². The van der Waals surface area contributed by atoms with Crippen molar-refractivity contribution in [3.8, 4) is 22.3 Å². The largest absolute Gasteiger partial charge is 0.308 e. The molecule has 0 radical (unpaired) electrons. The summed E-state index contributed by atoms with van der Waals surface area (Å²) in [5.41, 5.74) is 8.50. The van der Waals surface area contributed by atoms with E-state index >= 15 is 0 Å². The summed E-state index contributed by atoms with van der Waals surface area (Å²) in [6.07, 6.45) is 0. The van der Waals surface area contributed by atoms with Crippen molar-refractivity contribution < 1.29 is 0 Å². The maximum Gasteiger partial charge on any atom is 0.0602 e. The SMILES string of the molecule is c1ccc(N2c3ccc(-c4ccc5cc6ccccc6cc5c4)cc3Sc3cc(-c4ccc5cc6ccccc6cc5c4)ccc32)cc1. The average molecular weight is 628 g/mol. The summed E-state index contributed by atoms with van der Waals surface area (Å²) in [6, 6.07) is 64.7. The Morgan fingerprint density at radius 1 is 0.292 bits per heavy atom. The van der Waals surface area contributed by atoms with Crippen LogP contribution in [0.4, 0.5) is 17.1 Å². The van der Waals surface area contributed by atoms with Crippen molar-refractivity contribution in [1.29, 1.82) is 0 Å². The summed E-state index contributed by atoms with van der Waals surface area (Å²) in [4.78, 5) is 4.92. The van der Waals surface area contributed by atoms with Crippen molar-refractivity contribution in [3.63, 3.8) is 0 Å². The van der Waals surface area contributed by atoms with Gasteiger partial charge >= 0.3 is 0 Å². The molecule has 48 heavy (non-hydrogen) atoms. The van der Waals surface area contributed by atoms with Gasteiger partial charge in [-0.05, 0) is 138 Å². The van der Waals surface area contributed by atoms with Crippen LogP contribution in [0.2, 0.25) is 0 Å². The number of fused-ring (bicyclic) bond motifs is 6. The van der Waals surface area contributed by atoms with E-state index in [4.69, 9.17) is 0 Å². The van der Waals surface area contributed by atoms with Gasteiger partial charge in [0.05, 0.1) is 11.4 Å². The summed E-state index contributed by atoms with van der Waals surface area (Å²) >= 11 is 1.87. The maximum atomic E-state index is 2.41. The fourth-order valence-electron chi connectivity index (χ4n) is 7.26. The normalized spacial score (nSPS) is 12.5. The molecule has 0 aliphatic carbocycles. The number of anilines is 3. The van der Waals surface area contributed by atoms with E-state index in [1.54, 1.807) is 0 Å². The van der Waals surface area contributed by atoms with Gasteiger partial charge in [-0.25, -0.2) is 0 Å². The fraction of sp³-hybridized carbons (Fsp3) is 0. The van der Waals surface area contributed by atoms with Gasteiger partial charge in [-0.2, -0.15) is 0 Å². The third kappa shape index (κ3) is 4.57. The van der Waals surface area contributed by atoms with Gasteiger partial charge in [0.1, 0.15) is 0 Å². The Hall–Kier alpha value is -5.83. The van der Waals surface area contributed by atoms with Crippen LogP contribution < -0.4 is 4.90 Å². The fourth-order valence-corrected chi connectivity index (χ4v) is 8.40. The molecule has 0 saturated heterocycles. The topological polar surface area (TPSA) is 3.24 Å². The Bertz CT molecular complexity index is 2540. The van der Waals surface area contributed by atoms with Gasteiger partial charge in [0.2, 0.25) is 0 Å². The zero-order chi connectivity index (χ0) is 31.6. The molecular weight excluding hydrogens is 599 g/mol. The van der Waals surface area contributed by atoms with Gasteiger partial charge in [-0.1, -0.05) is 115 Å². The molecule has 0 bridgehead atoms. The second-order valence-corrected chi connectivity index (χ2v) is 13.7. The summed E-state index contributed by atoms with van der Waals surface area (Å²) in [6.45, 7) is 0. The molecule has 0 amide bonds. The first kappa shape index (κ1) is 27.3. The van der Waals surface area contributed by atoms with Gasteiger partial charge in [0.25, 0.3) is 0 Å². The van der Waals surface area contributed by atoms with Crippen LogP contribution in [0.1, 0.15) is 0 Å². The molecule has 1 nitrogen and oxygen atoms in total. The van der Waals surface area contributed by atoms with Gasteiger partial charge in [0, 0.05) is 15.5 Å². The zero-order valence-electron chi connectivity index (χ0n) is 26.1. The molecule has 2 heteroatoms. The first-order valence-corrected chi connectivity index (χ1v) is 17.2. The van der Waals surface area contributed by atoms with Crippen LogP contribution in [0.15, 0.2) is 186 Å². The molecule has 0 spiro atoms. The van der Waals surface area contributed by atoms with Crippen molar-refractivity contribution in [1.82, 2.24) is 0 Å². The van der Waals surface area contributed by atoms with Crippen LogP contribution >= 0.6 is 11.8 Å². The second kappa shape index (κ2) is 10.9. The molecule has 10 rings (SSSR count). The molecular formula is C46H29NS. The molecule has 0 fully saturated rings. The van der Waals surface area contributed by atoms with E-state index in [1.807, 2.05) is 11.8 Å². The molecule has 0 aromatic heterocycles. The minimum absolute atomic E-state index is 1.16. The number of hydrogen-bond donors (Lipinski definition) is 0. The van der Waals surface area contributed by atoms with Crippen LogP contribution in [0.5, 0.6) is 0 Å². The average Bonchev–Trinajstić information content (AvgIpc) is 3.14. The maximum absolute atomic E-state index is 2.41. The highest BCUT2D eigenvalue weighted by Gasteiger charge is 2.26. The Labute approximate surface area is 283 Å². The third-order valence-electron chi connectivity index (χ3n) is 9.71. The van der Waals surface area contributed by atoms with Crippen LogP contribution in [0.25, 0.3) is 65.3 Å². The van der Waals surface area contributed by atoms with E-state index in [1.165, 1.54) is 86.5 Å². The summed E-state index contributed by atoms with van der Waals surface area (Å²) in [5.74, 6) is 0. The monoisotopic (exact) mass is 627 g/mol. The lowest BCUT2D eigenvalue weighted by atomic mass is 9.97. The summed E-state index contributed by atoms with van der Waals surface area (Å²) in [5, 5.41) is 10.2. The van der Waals surface area contributed by atoms with E-state index in [9.17, 15) is 0 Å². The van der Waals surface area contributed by atoms with Gasteiger partial charge in [-0.15, -0.1) is 0 Å². The minimum Gasteiger partial charge on any atom is -0.308 e. The lowest BCUT2D eigenvalue weighted by molar-refractivity contribution is 1.17. The molecule has 0 unspecified atom stereocenters. The van der Waals surface area contributed by atoms with Gasteiger partial charge in [0.15, 0.2) is 0 Å². The highest BCUT2D eigenvalue weighted by atomic mass is 32.2. The molecule has 0 atom stereocenters. The number of benzene rings is 9. The number of hydrogen-bond acceptors (Lipinski definition) is 2. The van der Waals surface area contributed by atoms with Crippen LogP contribution in [-0.4, -0.2) is 0 Å². The highest BCUT2D eigenvalue weighted by Crippen LogP contribution is 2.53. The smallest absolute Gasteiger partial charge is 0.0602 e. The van der Waals surface area contributed by atoms with E-state index in [-0.39, 0.29) is 0 Å². The van der Waals surface area contributed by atoms with Crippen LogP contribution in [-0.2, 0) is 0 Å². The first-order chi connectivity index (χ1) is 23.7. The first-order valence-electron chi connectivity index (χ1n) is 16.4. The van der Waals surface area contributed by atoms with Crippen molar-refractivity contribution in [2.75, 3.05) is 4.90 Å². The molecule has 9 aromatic carbocycles. The Kier molecular flexibility index (Phi) is 6.18. The van der Waals surface area contributed by atoms with Gasteiger partial charge < -0.3 is 4.90 Å². The molecule has 0 N–H and O–H groups in total. The zero-order valence-corrected chi connectivity index (χ0v) is 26.9. The molecule has 0 saturated carbocycles. The number of para-hydroxylation sites is 1. The molecule has 9 aromatic rings. The standard InChI is InChI=1S/C46H29NS/c1-2-12-42(13-3-1)47-43-20-18-38(34-14-16-36-22-30-8-4-6-10-32(30)24-40(36)26-34)28-45(43)48-46-29-39(19-21-44(46)47)35-15-17-37-23-31-9-5-7-11-33(31)25-41(37)27-35/h1-29H. The van der Waals surface area contributed by atoms with Crippen molar-refractivity contribution in [2.45, 2.75) is 9.79 Å². The Morgan fingerprint density at radius 3 is 1.15 bits per heavy atom. The van der Waals surface area contributed by atoms with Crippen molar-refractivity contribution in [3.05, 3.63) is 176 Å². The highest BCUT2D eigenvalue weighted by molar-refractivity contribution is 7.99. The van der Waals surface area contributed by atoms with E-state index < -0.39 is 0 Å². The lowest BCUT2D eigenvalue weighted by Gasteiger charge is -2.33. The van der Waals surface area contributed by atoms with Crippen molar-refractivity contribution in [2.24, 2.45) is 0 Å².